The molecule has 0 bridgehead atoms. The van der Waals surface area contributed by atoms with Gasteiger partial charge in [-0.1, -0.05) is 41.3 Å². The van der Waals surface area contributed by atoms with Gasteiger partial charge in [0.25, 0.3) is 23.5 Å². The number of rotatable bonds is 16. The number of halogens is 21. The van der Waals surface area contributed by atoms with E-state index in [-0.39, 0.29) is 92.3 Å². The van der Waals surface area contributed by atoms with Crippen LogP contribution in [-0.4, -0.2) is 149 Å². The van der Waals surface area contributed by atoms with E-state index >= 15 is 0 Å². The molecule has 9 aromatic heterocycles. The number of hydrogen-bond donors (Lipinski definition) is 1. The summed E-state index contributed by atoms with van der Waals surface area (Å²) >= 11 is 15.2. The van der Waals surface area contributed by atoms with Gasteiger partial charge < -0.3 is 33.4 Å². The first-order valence-electron chi connectivity index (χ1n) is 27.5. The van der Waals surface area contributed by atoms with Gasteiger partial charge in [0, 0.05) is 41.8 Å². The maximum Gasteiger partial charge on any atom is 0.496 e. The Bertz CT molecular complexity index is 4180. The molecule has 2 aliphatic carbocycles. The van der Waals surface area contributed by atoms with Crippen LogP contribution in [0.2, 0.25) is 5.15 Å². The Balaban J connectivity index is 0.000000282. The van der Waals surface area contributed by atoms with Gasteiger partial charge >= 0.3 is 42.5 Å². The average molecular weight is 1530 g/mol. The number of aliphatic hydroxyl groups excluding tert-OH is 1. The SMILES string of the molecule is C.C.C.C.CC1(C)OB(c2cnc(OCC(F)(F)F)c(F)c2)OC1(C)C.FC(F)(Cl)c1nnc2ccc(Cl)nn12.Fc1cc(-c2ccc3nnc(C(F)(F)Cl)n3n2)cnc1OCC(F)(F)F.Fc1cc(-c2ccc3nnc(C(F)(F)OCC4CC4)n3n2)cnc1OCC(F)(F)F.OCC1CC1. The summed E-state index contributed by atoms with van der Waals surface area (Å²) in [7, 11) is -0.844. The summed E-state index contributed by atoms with van der Waals surface area (Å²) in [5.41, 5.74) is -0.815. The van der Waals surface area contributed by atoms with E-state index in [4.69, 9.17) is 49.2 Å². The molecule has 44 heteroatoms. The molecule has 0 atom stereocenters. The van der Waals surface area contributed by atoms with Crippen LogP contribution in [0.15, 0.2) is 73.2 Å². The van der Waals surface area contributed by atoms with Crippen molar-refractivity contribution in [2.24, 2.45) is 11.8 Å². The highest BCUT2D eigenvalue weighted by atomic mass is 35.5. The van der Waals surface area contributed by atoms with Crippen LogP contribution in [0, 0.1) is 29.3 Å². The molecule has 0 spiro atoms. The Labute approximate surface area is 577 Å². The molecule has 1 saturated heterocycles. The Morgan fingerprint density at radius 2 is 0.861 bits per heavy atom. The number of fused-ring (bicyclic) bond motifs is 3. The second-order valence-corrected chi connectivity index (χ2v) is 23.1. The highest BCUT2D eigenvalue weighted by molar-refractivity contribution is 6.62. The first-order valence-corrected chi connectivity index (χ1v) is 28.6. The highest BCUT2D eigenvalue weighted by Gasteiger charge is 2.52. The van der Waals surface area contributed by atoms with Gasteiger partial charge in [-0.15, -0.1) is 30.6 Å². The summed E-state index contributed by atoms with van der Waals surface area (Å²) in [5.74, 6) is -7.54. The molecule has 10 heterocycles. The monoisotopic (exact) mass is 1530 g/mol. The van der Waals surface area contributed by atoms with Crippen LogP contribution in [0.5, 0.6) is 17.6 Å². The largest absolute Gasteiger partial charge is 0.496 e. The van der Waals surface area contributed by atoms with Gasteiger partial charge in [0.1, 0.15) is 5.15 Å². The molecule has 0 aromatic carbocycles. The molecule has 556 valence electrons. The van der Waals surface area contributed by atoms with Crippen molar-refractivity contribution in [3.63, 3.8) is 0 Å². The summed E-state index contributed by atoms with van der Waals surface area (Å²) in [6.45, 7) is 2.59. The number of aromatic nitrogens is 15. The third-order valence-electron chi connectivity index (χ3n) is 13.4. The molecule has 1 aliphatic heterocycles. The fourth-order valence-electron chi connectivity index (χ4n) is 7.51. The number of alkyl halides is 17. The van der Waals surface area contributed by atoms with Crippen molar-refractivity contribution in [1.82, 2.24) is 74.4 Å². The first-order chi connectivity index (χ1) is 45.0. The van der Waals surface area contributed by atoms with E-state index in [1.54, 1.807) is 0 Å². The number of nitrogens with zero attached hydrogens (tertiary/aromatic N) is 15. The second kappa shape index (κ2) is 33.4. The zero-order chi connectivity index (χ0) is 71.4. The third-order valence-corrected chi connectivity index (χ3v) is 13.9. The standard InChI is InChI=1S/C17H13F6N5O2.C13H16BF4NO3.C13H6ClF6N5O.C6H2Cl2F2N4.C4H8O.4CH4/c18-11-5-10(6-24-14(11)29-8-16(19,20)21)12-3-4-13-25-26-15(28(13)27-12)17(22,23)30-7-9-1-2-9;1-11(2)12(3,4)22-14(21-11)8-5-9(15)10(19-6-8)20-7-13(16,17)18;14-13(19,20)11-23-22-9-2-1-8(24-25(9)11)6-3-7(15)10(21-4-6)26-5-12(16,17)18;7-3-1-2-4-11-12-5(6(8,9)10)14(4)13-3;5-3-4-1-2-4;;;;/h3-6,9H,1-2,7-8H2;5-6H,7H2,1-4H3;1-4H,5H2;1-2H;4-5H,1-3H2;4*1H4. The van der Waals surface area contributed by atoms with Crippen LogP contribution in [0.1, 0.15) is 101 Å². The predicted octanol–water partition coefficient (Wildman–Crippen LogP) is 14.8. The van der Waals surface area contributed by atoms with E-state index in [1.807, 2.05) is 27.7 Å². The van der Waals surface area contributed by atoms with Gasteiger partial charge in [0.2, 0.25) is 11.6 Å². The topological polar surface area (TPSA) is 244 Å². The summed E-state index contributed by atoms with van der Waals surface area (Å²) in [6.07, 6.45) is -10.3. The Morgan fingerprint density at radius 3 is 1.21 bits per heavy atom. The summed E-state index contributed by atoms with van der Waals surface area (Å²) in [5, 5.41) is 32.6. The van der Waals surface area contributed by atoms with E-state index in [9.17, 15) is 79.0 Å². The van der Waals surface area contributed by atoms with Crippen molar-refractivity contribution in [3.05, 3.63) is 113 Å². The Hall–Kier alpha value is -7.99. The van der Waals surface area contributed by atoms with Gasteiger partial charge in [-0.3, -0.25) is 0 Å². The molecule has 22 nitrogen and oxygen atoms in total. The van der Waals surface area contributed by atoms with E-state index in [0.29, 0.717) is 17.0 Å². The smallest absolute Gasteiger partial charge is 0.466 e. The van der Waals surface area contributed by atoms with E-state index in [2.05, 4.69) is 79.8 Å². The minimum absolute atomic E-state index is 0. The Morgan fingerprint density at radius 1 is 0.505 bits per heavy atom. The fourth-order valence-corrected chi connectivity index (χ4v) is 7.88. The number of pyridine rings is 3. The maximum atomic E-state index is 14.4. The van der Waals surface area contributed by atoms with Crippen LogP contribution in [0.25, 0.3) is 39.5 Å². The molecule has 3 aliphatic rings. The molecule has 0 unspecified atom stereocenters. The lowest BCUT2D eigenvalue weighted by molar-refractivity contribution is -0.257. The normalized spacial score (nSPS) is 15.0. The second-order valence-electron chi connectivity index (χ2n) is 21.7. The molecule has 101 heavy (non-hydrogen) atoms. The van der Waals surface area contributed by atoms with E-state index in [1.165, 1.54) is 55.4 Å². The van der Waals surface area contributed by atoms with Crippen molar-refractivity contribution in [3.8, 4) is 40.2 Å². The molecule has 9 aromatic rings. The van der Waals surface area contributed by atoms with Gasteiger partial charge in [-0.05, 0) is 143 Å². The van der Waals surface area contributed by atoms with Crippen molar-refractivity contribution < 1.29 is 112 Å². The number of hydrogen-bond acceptors (Lipinski definition) is 19. The summed E-state index contributed by atoms with van der Waals surface area (Å²) in [4.78, 5) is 10.5. The van der Waals surface area contributed by atoms with Crippen LogP contribution in [0.4, 0.5) is 79.0 Å². The van der Waals surface area contributed by atoms with Crippen LogP contribution in [0.3, 0.4) is 0 Å². The maximum absolute atomic E-state index is 14.4. The van der Waals surface area contributed by atoms with Gasteiger partial charge in [0.15, 0.2) is 54.2 Å². The molecular formula is C57H61BCl3F18N15O7. The van der Waals surface area contributed by atoms with Gasteiger partial charge in [-0.25, -0.2) is 28.1 Å². The van der Waals surface area contributed by atoms with Crippen molar-refractivity contribution in [2.45, 2.75) is 130 Å². The average Bonchev–Trinajstić information content (AvgIpc) is 1.67. The molecule has 3 fully saturated rings. The summed E-state index contributed by atoms with van der Waals surface area (Å²) < 4.78 is 263. The lowest BCUT2D eigenvalue weighted by atomic mass is 9.80. The molecule has 0 radical (unpaired) electrons. The molecule has 12 rings (SSSR count). The van der Waals surface area contributed by atoms with E-state index in [0.717, 1.165) is 52.5 Å². The van der Waals surface area contributed by atoms with Crippen molar-refractivity contribution in [2.75, 3.05) is 33.0 Å². The molecule has 1 N–H and O–H groups in total. The van der Waals surface area contributed by atoms with Crippen LogP contribution >= 0.6 is 34.8 Å². The van der Waals surface area contributed by atoms with E-state index < -0.39 is 126 Å². The third kappa shape index (κ3) is 23.5. The van der Waals surface area contributed by atoms with Gasteiger partial charge in [-0.2, -0.15) is 94.7 Å². The predicted molar refractivity (Wildman–Crippen MR) is 327 cm³/mol. The lowest BCUT2D eigenvalue weighted by Crippen LogP contribution is -2.41. The molecular weight excluding hydrogens is 1470 g/mol. The zero-order valence-corrected chi connectivity index (χ0v) is 51.8. The minimum atomic E-state index is -4.66. The summed E-state index contributed by atoms with van der Waals surface area (Å²) in [6, 6.07) is 10.7. The highest BCUT2D eigenvalue weighted by Crippen LogP contribution is 2.39. The fraction of sp³-hybridized carbons (Fsp3) is 0.474. The lowest BCUT2D eigenvalue weighted by Gasteiger charge is -2.32. The minimum Gasteiger partial charge on any atom is -0.466 e. The zero-order valence-electron chi connectivity index (χ0n) is 49.6. The van der Waals surface area contributed by atoms with Crippen molar-refractivity contribution in [1.29, 1.82) is 0 Å². The Kier molecular flexibility index (Phi) is 28.3. The van der Waals surface area contributed by atoms with Crippen molar-refractivity contribution >= 4 is 64.3 Å². The molecule has 0 amide bonds. The number of ether oxygens (including phenoxy) is 4. The van der Waals surface area contributed by atoms with Gasteiger partial charge in [0.05, 0.1) is 29.2 Å². The van der Waals surface area contributed by atoms with Crippen LogP contribution in [-0.2, 0) is 30.9 Å². The van der Waals surface area contributed by atoms with Crippen LogP contribution < -0.4 is 19.7 Å². The number of aliphatic hydroxyl groups is 1. The first kappa shape index (κ1) is 85.4. The molecule has 2 saturated carbocycles. The quantitative estimate of drug-likeness (QED) is 0.0537.